The highest BCUT2D eigenvalue weighted by Crippen LogP contribution is 2.28. The third-order valence-corrected chi connectivity index (χ3v) is 3.61. The topological polar surface area (TPSA) is 54.1 Å². The van der Waals surface area contributed by atoms with Crippen molar-refractivity contribution in [3.63, 3.8) is 0 Å². The van der Waals surface area contributed by atoms with Gasteiger partial charge in [0.2, 0.25) is 11.0 Å². The molecule has 0 radical (unpaired) electrons. The normalized spacial score (nSPS) is 11.9. The third kappa shape index (κ3) is 1.40. The first kappa shape index (κ1) is 10.6. The molecule has 4 nitrogen and oxygen atoms in total. The summed E-state index contributed by atoms with van der Waals surface area (Å²) >= 11 is 0. The highest BCUT2D eigenvalue weighted by Gasteiger charge is 2.20. The minimum Gasteiger partial charge on any atom is -0.233 e. The fraction of sp³-hybridized carbons (Fsp3) is 0.200. The Morgan fingerprint density at radius 3 is 2.00 bits per heavy atom. The van der Waals surface area contributed by atoms with Crippen molar-refractivity contribution in [2.45, 2.75) is 20.3 Å². The number of rotatable bonds is 1. The number of nitrogens with one attached hydrogen (secondary N) is 2. The maximum Gasteiger partial charge on any atom is 0.415 e. The summed E-state index contributed by atoms with van der Waals surface area (Å²) in [6, 6.07) is 8.33. The number of aromatic amines is 2. The van der Waals surface area contributed by atoms with Crippen LogP contribution in [0.25, 0.3) is 32.8 Å². The van der Waals surface area contributed by atoms with Gasteiger partial charge in [-0.3, -0.25) is 0 Å². The van der Waals surface area contributed by atoms with Gasteiger partial charge < -0.3 is 0 Å². The molecule has 0 aliphatic heterocycles. The van der Waals surface area contributed by atoms with E-state index in [2.05, 4.69) is 51.1 Å². The fourth-order valence-corrected chi connectivity index (χ4v) is 2.76. The molecule has 4 heteroatoms. The van der Waals surface area contributed by atoms with Gasteiger partial charge in [-0.2, -0.15) is 9.97 Å². The lowest BCUT2D eigenvalue weighted by molar-refractivity contribution is -0.516. The molecule has 2 heterocycles. The summed E-state index contributed by atoms with van der Waals surface area (Å²) in [6.45, 7) is 4.06. The average molecular weight is 250 g/mol. The van der Waals surface area contributed by atoms with Crippen LogP contribution < -0.4 is 9.97 Å². The second-order valence-electron chi connectivity index (χ2n) is 4.87. The highest BCUT2D eigenvalue weighted by atomic mass is 14.9. The molecule has 0 aliphatic rings. The van der Waals surface area contributed by atoms with Crippen LogP contribution in [0.4, 0.5) is 0 Å². The molecule has 0 fully saturated rings. The number of nitrogens with zero attached hydrogens (tertiary/aromatic N) is 2. The van der Waals surface area contributed by atoms with E-state index in [1.54, 1.807) is 0 Å². The lowest BCUT2D eigenvalue weighted by Gasteiger charge is -2.04. The number of aryl methyl sites for hydroxylation is 2. The van der Waals surface area contributed by atoms with Crippen LogP contribution in [0.1, 0.15) is 18.6 Å². The second-order valence-corrected chi connectivity index (χ2v) is 4.87. The maximum absolute atomic E-state index is 4.53. The Kier molecular flexibility index (Phi) is 1.98. The second kappa shape index (κ2) is 3.57. The predicted molar refractivity (Wildman–Crippen MR) is 73.0 cm³/mol. The van der Waals surface area contributed by atoms with Crippen molar-refractivity contribution < 1.29 is 9.97 Å². The van der Waals surface area contributed by atoms with Gasteiger partial charge in [0.15, 0.2) is 0 Å². The van der Waals surface area contributed by atoms with Crippen molar-refractivity contribution in [1.29, 1.82) is 0 Å². The van der Waals surface area contributed by atoms with E-state index in [1.807, 2.05) is 6.92 Å². The van der Waals surface area contributed by atoms with Crippen LogP contribution in [0, 0.1) is 6.92 Å². The molecule has 0 bridgehead atoms. The van der Waals surface area contributed by atoms with Gasteiger partial charge in [-0.1, -0.05) is 0 Å². The molecular weight excluding hydrogens is 236 g/mol. The first-order valence-corrected chi connectivity index (χ1v) is 6.53. The summed E-state index contributed by atoms with van der Waals surface area (Å²) < 4.78 is 0. The molecule has 0 atom stereocenters. The van der Waals surface area contributed by atoms with Gasteiger partial charge in [0.25, 0.3) is 0 Å². The van der Waals surface area contributed by atoms with Crippen LogP contribution in [0.15, 0.2) is 24.3 Å². The third-order valence-electron chi connectivity index (χ3n) is 3.61. The molecule has 4 rings (SSSR count). The largest absolute Gasteiger partial charge is 0.415 e. The first-order valence-electron chi connectivity index (χ1n) is 6.53. The van der Waals surface area contributed by atoms with Gasteiger partial charge in [0, 0.05) is 17.5 Å². The van der Waals surface area contributed by atoms with E-state index in [1.165, 1.54) is 5.39 Å². The summed E-state index contributed by atoms with van der Waals surface area (Å²) in [6.07, 6.45) is 0.950. The van der Waals surface area contributed by atoms with Crippen LogP contribution in [0.3, 0.4) is 0 Å². The molecular formula is C15H14N4+2. The van der Waals surface area contributed by atoms with E-state index in [0.717, 1.165) is 45.5 Å². The molecule has 0 saturated heterocycles. The zero-order chi connectivity index (χ0) is 13.0. The van der Waals surface area contributed by atoms with Crippen molar-refractivity contribution in [2.24, 2.45) is 0 Å². The molecule has 0 amide bonds. The quantitative estimate of drug-likeness (QED) is 0.484. The van der Waals surface area contributed by atoms with Gasteiger partial charge in [-0.25, -0.2) is 9.97 Å². The van der Waals surface area contributed by atoms with Gasteiger partial charge in [-0.05, 0) is 26.0 Å². The standard InChI is InChI=1S/C15H12N4/c1-3-13-18-11-6-4-9-14-10(17-8(2)16-9)5-7-12(19-13)15(11)14/h4-7H,3H2,1-2H3/p+2. The van der Waals surface area contributed by atoms with E-state index >= 15 is 0 Å². The van der Waals surface area contributed by atoms with Gasteiger partial charge in [0.1, 0.15) is 11.2 Å². The summed E-state index contributed by atoms with van der Waals surface area (Å²) in [5.41, 5.74) is 4.28. The molecule has 2 N–H and O–H groups in total. The van der Waals surface area contributed by atoms with E-state index in [4.69, 9.17) is 0 Å². The maximum atomic E-state index is 4.53. The summed E-state index contributed by atoms with van der Waals surface area (Å²) in [5, 5.41) is 2.32. The molecule has 0 aliphatic carbocycles. The minimum atomic E-state index is 0.813. The van der Waals surface area contributed by atoms with Crippen LogP contribution in [0.2, 0.25) is 0 Å². The van der Waals surface area contributed by atoms with Crippen molar-refractivity contribution >= 4 is 32.8 Å². The summed E-state index contributed by atoms with van der Waals surface area (Å²) in [5.74, 6) is 1.94. The van der Waals surface area contributed by atoms with Crippen molar-refractivity contribution in [3.8, 4) is 0 Å². The Balaban J connectivity index is 2.31. The Bertz CT molecular complexity index is 847. The predicted octanol–water partition coefficient (Wildman–Crippen LogP) is 1.87. The molecule has 92 valence electrons. The lowest BCUT2D eigenvalue weighted by Crippen LogP contribution is -2.26. The number of hydrogen-bond acceptors (Lipinski definition) is 2. The average Bonchev–Trinajstić information content (AvgIpc) is 2.43. The summed E-state index contributed by atoms with van der Waals surface area (Å²) in [4.78, 5) is 15.9. The van der Waals surface area contributed by atoms with Crippen molar-refractivity contribution in [2.75, 3.05) is 0 Å². The molecule has 0 unspecified atom stereocenters. The highest BCUT2D eigenvalue weighted by molar-refractivity contribution is 6.17. The zero-order valence-corrected chi connectivity index (χ0v) is 10.9. The van der Waals surface area contributed by atoms with E-state index in [9.17, 15) is 0 Å². The zero-order valence-electron chi connectivity index (χ0n) is 10.9. The number of hydrogen-bond donors (Lipinski definition) is 0. The fourth-order valence-electron chi connectivity index (χ4n) is 2.76. The minimum absolute atomic E-state index is 0.813. The Morgan fingerprint density at radius 2 is 1.47 bits per heavy atom. The Morgan fingerprint density at radius 1 is 0.895 bits per heavy atom. The van der Waals surface area contributed by atoms with Crippen molar-refractivity contribution in [3.05, 3.63) is 35.9 Å². The first-order chi connectivity index (χ1) is 9.26. The number of H-pyrrole nitrogens is 2. The van der Waals surface area contributed by atoms with E-state index in [0.29, 0.717) is 0 Å². The van der Waals surface area contributed by atoms with Gasteiger partial charge in [-0.15, -0.1) is 0 Å². The lowest BCUT2D eigenvalue weighted by atomic mass is 10.0. The monoisotopic (exact) mass is 250 g/mol. The summed E-state index contributed by atoms with van der Waals surface area (Å²) in [7, 11) is 0. The molecule has 0 spiro atoms. The van der Waals surface area contributed by atoms with E-state index in [-0.39, 0.29) is 0 Å². The van der Waals surface area contributed by atoms with Crippen LogP contribution in [0.5, 0.6) is 0 Å². The smallest absolute Gasteiger partial charge is 0.233 e. The van der Waals surface area contributed by atoms with Gasteiger partial charge in [0.05, 0.1) is 17.5 Å². The van der Waals surface area contributed by atoms with E-state index < -0.39 is 0 Å². The molecule has 2 aromatic carbocycles. The Hall–Kier alpha value is -2.36. The van der Waals surface area contributed by atoms with Gasteiger partial charge >= 0.3 is 5.82 Å². The molecule has 19 heavy (non-hydrogen) atoms. The molecule has 0 saturated carbocycles. The molecule has 2 aromatic heterocycles. The number of aromatic nitrogens is 4. The number of benzene rings is 2. The van der Waals surface area contributed by atoms with Crippen LogP contribution >= 0.6 is 0 Å². The SMILES string of the molecule is CCc1[nH+]c2ccc3nc(C)nc4ccc([nH+]1)c2c34. The molecule has 4 aromatic rings. The van der Waals surface area contributed by atoms with Crippen molar-refractivity contribution in [1.82, 2.24) is 9.97 Å². The van der Waals surface area contributed by atoms with Crippen LogP contribution in [-0.2, 0) is 6.42 Å². The Labute approximate surface area is 109 Å². The van der Waals surface area contributed by atoms with Crippen LogP contribution in [-0.4, -0.2) is 9.97 Å².